The zero-order valence-electron chi connectivity index (χ0n) is 24.2. The van der Waals surface area contributed by atoms with Crippen LogP contribution in [-0.2, 0) is 22.6 Å². The van der Waals surface area contributed by atoms with Gasteiger partial charge in [0.2, 0.25) is 11.8 Å². The van der Waals surface area contributed by atoms with E-state index in [0.29, 0.717) is 29.7 Å². The average Bonchev–Trinajstić information content (AvgIpc) is 2.92. The van der Waals surface area contributed by atoms with Gasteiger partial charge in [0.25, 0.3) is 10.0 Å². The van der Waals surface area contributed by atoms with E-state index in [1.54, 1.807) is 18.2 Å². The molecule has 10 heteroatoms. The molecule has 1 N–H and O–H groups in total. The Kier molecular flexibility index (Phi) is 7.23. The average molecular weight is 608 g/mol. The van der Waals surface area contributed by atoms with Crippen molar-refractivity contribution in [2.24, 2.45) is 11.8 Å². The van der Waals surface area contributed by atoms with Crippen LogP contribution < -0.4 is 9.46 Å². The number of ether oxygens (including phenoxy) is 1. The van der Waals surface area contributed by atoms with Crippen LogP contribution in [0.25, 0.3) is 11.3 Å². The number of nitrogens with one attached hydrogen (secondary N) is 1. The number of halogens is 3. The van der Waals surface area contributed by atoms with Crippen molar-refractivity contribution in [1.29, 1.82) is 0 Å². The van der Waals surface area contributed by atoms with Gasteiger partial charge in [0.1, 0.15) is 6.10 Å². The molecule has 2 aliphatic rings. The number of nitrogens with zero attached hydrogens (tertiary/aromatic N) is 2. The van der Waals surface area contributed by atoms with Crippen LogP contribution in [0.1, 0.15) is 65.7 Å². The first-order chi connectivity index (χ1) is 20.3. The minimum absolute atomic E-state index is 0.0313. The van der Waals surface area contributed by atoms with Crippen LogP contribution in [0, 0.1) is 25.7 Å². The number of sulfonamides is 1. The summed E-state index contributed by atoms with van der Waals surface area (Å²) in [6.07, 6.45) is -4.12. The Morgan fingerprint density at radius 1 is 0.977 bits per heavy atom. The summed E-state index contributed by atoms with van der Waals surface area (Å²) in [4.78, 5) is 9.09. The third kappa shape index (κ3) is 5.60. The van der Waals surface area contributed by atoms with Crippen LogP contribution in [-0.4, -0.2) is 18.4 Å². The van der Waals surface area contributed by atoms with E-state index in [0.717, 1.165) is 28.3 Å². The summed E-state index contributed by atoms with van der Waals surface area (Å²) >= 11 is 0. The van der Waals surface area contributed by atoms with Crippen molar-refractivity contribution in [3.05, 3.63) is 100 Å². The van der Waals surface area contributed by atoms with Crippen LogP contribution in [0.2, 0.25) is 0 Å². The minimum Gasteiger partial charge on any atom is -0.469 e. The van der Waals surface area contributed by atoms with Gasteiger partial charge in [-0.2, -0.15) is 18.2 Å². The van der Waals surface area contributed by atoms with Gasteiger partial charge in [0, 0.05) is 17.5 Å². The fourth-order valence-corrected chi connectivity index (χ4v) is 7.51. The van der Waals surface area contributed by atoms with E-state index >= 15 is 0 Å². The summed E-state index contributed by atoms with van der Waals surface area (Å²) in [6.45, 7) is 8.06. The molecule has 3 aromatic carbocycles. The molecule has 43 heavy (non-hydrogen) atoms. The van der Waals surface area contributed by atoms with Crippen molar-refractivity contribution < 1.29 is 26.3 Å². The molecule has 4 aromatic rings. The number of anilines is 1. The second-order valence-electron chi connectivity index (χ2n) is 11.9. The van der Waals surface area contributed by atoms with Gasteiger partial charge in [0.05, 0.1) is 16.2 Å². The zero-order valence-corrected chi connectivity index (χ0v) is 25.1. The van der Waals surface area contributed by atoms with Gasteiger partial charge in [0.15, 0.2) is 0 Å². The highest BCUT2D eigenvalue weighted by Gasteiger charge is 2.42. The second-order valence-corrected chi connectivity index (χ2v) is 13.6. The number of benzene rings is 3. The molecule has 6 rings (SSSR count). The molecule has 1 aliphatic carbocycles. The predicted molar refractivity (Wildman–Crippen MR) is 158 cm³/mol. The Labute approximate surface area is 249 Å². The Hall–Kier alpha value is -3.92. The molecule has 3 atom stereocenters. The lowest BCUT2D eigenvalue weighted by Gasteiger charge is -2.41. The van der Waals surface area contributed by atoms with Crippen molar-refractivity contribution in [1.82, 2.24) is 9.97 Å². The van der Waals surface area contributed by atoms with Crippen LogP contribution in [0.3, 0.4) is 0 Å². The molecule has 0 fully saturated rings. The van der Waals surface area contributed by atoms with Crippen LogP contribution in [0.4, 0.5) is 19.1 Å². The summed E-state index contributed by atoms with van der Waals surface area (Å²) in [6, 6.07) is 17.9. The molecular weight excluding hydrogens is 575 g/mol. The summed E-state index contributed by atoms with van der Waals surface area (Å²) in [5.41, 5.74) is 4.38. The second kappa shape index (κ2) is 10.7. The number of aromatic nitrogens is 2. The van der Waals surface area contributed by atoms with E-state index < -0.39 is 27.9 Å². The molecule has 0 radical (unpaired) electrons. The van der Waals surface area contributed by atoms with Gasteiger partial charge in [-0.05, 0) is 90.6 Å². The van der Waals surface area contributed by atoms with Crippen LogP contribution in [0.5, 0.6) is 5.88 Å². The summed E-state index contributed by atoms with van der Waals surface area (Å²) in [5.74, 6) is -0.238. The number of alkyl halides is 3. The molecular formula is C33H32F3N3O3S. The number of aryl methyl sites for hydroxylation is 2. The van der Waals surface area contributed by atoms with E-state index in [4.69, 9.17) is 4.74 Å². The first-order valence-corrected chi connectivity index (χ1v) is 15.7. The predicted octanol–water partition coefficient (Wildman–Crippen LogP) is 8.02. The fourth-order valence-electron chi connectivity index (χ4n) is 6.51. The van der Waals surface area contributed by atoms with E-state index in [9.17, 15) is 21.6 Å². The van der Waals surface area contributed by atoms with Crippen molar-refractivity contribution >= 4 is 16.0 Å². The monoisotopic (exact) mass is 607 g/mol. The Morgan fingerprint density at radius 3 is 2.40 bits per heavy atom. The summed E-state index contributed by atoms with van der Waals surface area (Å²) in [7, 11) is -4.10. The molecule has 1 aliphatic heterocycles. The highest BCUT2D eigenvalue weighted by molar-refractivity contribution is 7.92. The van der Waals surface area contributed by atoms with Crippen LogP contribution in [0.15, 0.2) is 71.6 Å². The smallest absolute Gasteiger partial charge is 0.416 e. The molecule has 0 spiro atoms. The molecule has 1 unspecified atom stereocenters. The Morgan fingerprint density at radius 2 is 1.70 bits per heavy atom. The highest BCUT2D eigenvalue weighted by Crippen LogP contribution is 2.49. The van der Waals surface area contributed by atoms with Crippen LogP contribution >= 0.6 is 0 Å². The quantitative estimate of drug-likeness (QED) is 0.255. The third-order valence-corrected chi connectivity index (χ3v) is 9.70. The van der Waals surface area contributed by atoms with Gasteiger partial charge in [-0.25, -0.2) is 18.1 Å². The Bertz CT molecular complexity index is 1800. The first kappa shape index (κ1) is 29.2. The summed E-state index contributed by atoms with van der Waals surface area (Å²) in [5, 5.41) is 0. The molecule has 2 heterocycles. The highest BCUT2D eigenvalue weighted by atomic mass is 32.2. The molecule has 0 saturated carbocycles. The molecule has 0 saturated heterocycles. The molecule has 224 valence electrons. The summed E-state index contributed by atoms with van der Waals surface area (Å²) < 4.78 is 77.8. The van der Waals surface area contributed by atoms with Crippen molar-refractivity contribution in [2.75, 3.05) is 4.72 Å². The molecule has 6 nitrogen and oxygen atoms in total. The topological polar surface area (TPSA) is 81.2 Å². The van der Waals surface area contributed by atoms with Gasteiger partial charge in [-0.15, -0.1) is 0 Å². The fraction of sp³-hybridized carbons (Fsp3) is 0.333. The normalized spacial score (nSPS) is 20.7. The van der Waals surface area contributed by atoms with Gasteiger partial charge in [-0.1, -0.05) is 50.2 Å². The SMILES string of the molecule is Cc1cccc(C)c1-c1cc2nc(n1)NS(=O)(=O)c1cccc(c1)C1Cc3cc(C(F)(F)F)ccc3[C@H](O2)[C@H]1CC(C)C. The standard InChI is InChI=1S/C33H32F3N3O3S/c1-18(2)13-27-26-16-22-14-23(33(34,35)36)11-12-25(22)31(27)42-29-17-28(30-19(3)7-5-8-20(30)4)37-32(38-29)39-43(40,41)24-10-6-9-21(26)15-24/h5-12,14-15,17-18,26-27,31H,13,16H2,1-4H3,(H,37,38,39)/t26?,27-,31-/m0/s1. The zero-order chi connectivity index (χ0) is 30.7. The van der Waals surface area contributed by atoms with E-state index in [-0.39, 0.29) is 34.5 Å². The van der Waals surface area contributed by atoms with E-state index in [2.05, 4.69) is 28.5 Å². The van der Waals surface area contributed by atoms with Crippen molar-refractivity contribution in [2.45, 2.75) is 63.6 Å². The molecule has 6 bridgehead atoms. The number of rotatable bonds is 3. The third-order valence-electron chi connectivity index (χ3n) is 8.38. The maximum Gasteiger partial charge on any atom is 0.416 e. The van der Waals surface area contributed by atoms with Gasteiger partial charge in [-0.3, -0.25) is 0 Å². The van der Waals surface area contributed by atoms with Gasteiger partial charge < -0.3 is 4.74 Å². The number of hydrogen-bond acceptors (Lipinski definition) is 5. The molecule has 0 amide bonds. The van der Waals surface area contributed by atoms with Crippen molar-refractivity contribution in [3.63, 3.8) is 0 Å². The van der Waals surface area contributed by atoms with E-state index in [1.807, 2.05) is 38.1 Å². The first-order valence-electron chi connectivity index (χ1n) is 14.3. The lowest BCUT2D eigenvalue weighted by molar-refractivity contribution is -0.137. The Balaban J connectivity index is 1.62. The van der Waals surface area contributed by atoms with Crippen molar-refractivity contribution in [3.8, 4) is 17.1 Å². The largest absolute Gasteiger partial charge is 0.469 e. The van der Waals surface area contributed by atoms with E-state index in [1.165, 1.54) is 18.2 Å². The minimum atomic E-state index is -4.50. The maximum atomic E-state index is 13.8. The number of fused-ring (bicyclic) bond motifs is 9. The maximum absolute atomic E-state index is 13.8. The van der Waals surface area contributed by atoms with Gasteiger partial charge >= 0.3 is 6.18 Å². The molecule has 1 aromatic heterocycles. The lowest BCUT2D eigenvalue weighted by atomic mass is 9.68. The number of hydrogen-bond donors (Lipinski definition) is 1. The lowest BCUT2D eigenvalue weighted by Crippen LogP contribution is -2.33.